The normalized spacial score (nSPS) is 12.1. The van der Waals surface area contributed by atoms with Crippen molar-refractivity contribution in [3.8, 4) is 0 Å². The van der Waals surface area contributed by atoms with Crippen molar-refractivity contribution in [2.75, 3.05) is 0 Å². The van der Waals surface area contributed by atoms with Crippen molar-refractivity contribution < 1.29 is 18.7 Å². The minimum atomic E-state index is -3.05. The molecule has 12 heavy (non-hydrogen) atoms. The molecule has 0 aliphatic carbocycles. The summed E-state index contributed by atoms with van der Waals surface area (Å²) in [5, 5.41) is 8.13. The molecule has 0 atom stereocenters. The van der Waals surface area contributed by atoms with Crippen LogP contribution in [-0.4, -0.2) is 17.0 Å². The van der Waals surface area contributed by atoms with Gasteiger partial charge in [-0.3, -0.25) is 4.79 Å². The van der Waals surface area contributed by atoms with E-state index in [1.54, 1.807) is 0 Å². The Morgan fingerprint density at radius 3 is 2.33 bits per heavy atom. The molecule has 4 heteroatoms. The minimum Gasteiger partial charge on any atom is -0.481 e. The van der Waals surface area contributed by atoms with Crippen molar-refractivity contribution in [1.29, 1.82) is 0 Å². The van der Waals surface area contributed by atoms with Gasteiger partial charge in [0.25, 0.3) is 5.92 Å². The molecule has 0 bridgehead atoms. The molecule has 0 amide bonds. The first-order valence-corrected chi connectivity index (χ1v) is 3.93. The van der Waals surface area contributed by atoms with E-state index in [0.717, 1.165) is 0 Å². The van der Waals surface area contributed by atoms with Gasteiger partial charge in [0, 0.05) is 6.42 Å². The Labute approximate surface area is 70.6 Å². The molecule has 72 valence electrons. The highest BCUT2D eigenvalue weighted by atomic mass is 19.3. The zero-order valence-corrected chi connectivity index (χ0v) is 7.31. The van der Waals surface area contributed by atoms with E-state index in [4.69, 9.17) is 5.11 Å². The fraction of sp³-hybridized carbons (Fsp3) is 0.875. The Morgan fingerprint density at radius 1 is 1.50 bits per heavy atom. The summed E-state index contributed by atoms with van der Waals surface area (Å²) in [7, 11) is 0. The van der Waals surface area contributed by atoms with Crippen LogP contribution in [0.5, 0.6) is 0 Å². The lowest BCUT2D eigenvalue weighted by Crippen LogP contribution is -2.21. The molecular formula is C8H14F2O2. The van der Waals surface area contributed by atoms with Crippen LogP contribution >= 0.6 is 0 Å². The number of alkyl halides is 2. The number of carboxylic acids is 1. The van der Waals surface area contributed by atoms with Gasteiger partial charge in [-0.05, 0) is 12.3 Å². The van der Waals surface area contributed by atoms with Gasteiger partial charge in [0.2, 0.25) is 0 Å². The zero-order valence-electron chi connectivity index (χ0n) is 7.31. The molecule has 0 saturated carbocycles. The first-order chi connectivity index (χ1) is 5.33. The minimum absolute atomic E-state index is 0.185. The first kappa shape index (κ1) is 11.3. The number of aliphatic carboxylic acids is 1. The SMILES string of the molecule is CC(C)CCC(F)(F)CC(=O)O. The van der Waals surface area contributed by atoms with Gasteiger partial charge in [-0.15, -0.1) is 0 Å². The standard InChI is InChI=1S/C8H14F2O2/c1-6(2)3-4-8(9,10)5-7(11)12/h6H,3-5H2,1-2H3,(H,11,12). The van der Waals surface area contributed by atoms with Gasteiger partial charge in [0.15, 0.2) is 0 Å². The largest absolute Gasteiger partial charge is 0.481 e. The molecule has 0 unspecified atom stereocenters. The van der Waals surface area contributed by atoms with Crippen molar-refractivity contribution in [2.24, 2.45) is 5.92 Å². The van der Waals surface area contributed by atoms with E-state index in [0.29, 0.717) is 6.42 Å². The molecule has 0 aliphatic heterocycles. The van der Waals surface area contributed by atoms with Crippen LogP contribution in [0.4, 0.5) is 8.78 Å². The molecule has 1 N–H and O–H groups in total. The summed E-state index contributed by atoms with van der Waals surface area (Å²) in [5.74, 6) is -4.30. The maximum absolute atomic E-state index is 12.7. The molecule has 0 fully saturated rings. The Kier molecular flexibility index (Phi) is 4.13. The van der Waals surface area contributed by atoms with Crippen LogP contribution < -0.4 is 0 Å². The topological polar surface area (TPSA) is 37.3 Å². The molecule has 0 spiro atoms. The zero-order chi connectivity index (χ0) is 9.78. The molecule has 0 rings (SSSR count). The van der Waals surface area contributed by atoms with Crippen LogP contribution in [0.25, 0.3) is 0 Å². The Morgan fingerprint density at radius 2 is 2.00 bits per heavy atom. The fourth-order valence-corrected chi connectivity index (χ4v) is 0.809. The third-order valence-electron chi connectivity index (χ3n) is 1.50. The van der Waals surface area contributed by atoms with Crippen molar-refractivity contribution in [3.63, 3.8) is 0 Å². The Bertz CT molecular complexity index is 155. The van der Waals surface area contributed by atoms with E-state index in [1.165, 1.54) is 0 Å². The molecule has 0 aromatic heterocycles. The lowest BCUT2D eigenvalue weighted by Gasteiger charge is -2.14. The summed E-state index contributed by atoms with van der Waals surface area (Å²) in [6.45, 7) is 3.66. The van der Waals surface area contributed by atoms with E-state index in [-0.39, 0.29) is 12.3 Å². The lowest BCUT2D eigenvalue weighted by atomic mass is 10.0. The smallest absolute Gasteiger partial charge is 0.309 e. The van der Waals surface area contributed by atoms with Gasteiger partial charge in [-0.25, -0.2) is 8.78 Å². The van der Waals surface area contributed by atoms with E-state index in [2.05, 4.69) is 0 Å². The van der Waals surface area contributed by atoms with Gasteiger partial charge in [-0.1, -0.05) is 13.8 Å². The summed E-state index contributed by atoms with van der Waals surface area (Å²) in [6, 6.07) is 0. The summed E-state index contributed by atoms with van der Waals surface area (Å²) in [5.41, 5.74) is 0. The summed E-state index contributed by atoms with van der Waals surface area (Å²) >= 11 is 0. The molecule has 2 nitrogen and oxygen atoms in total. The molecule has 0 saturated heterocycles. The summed E-state index contributed by atoms with van der Waals surface area (Å²) < 4.78 is 25.3. The molecule has 0 aromatic rings. The second-order valence-corrected chi connectivity index (χ2v) is 3.36. The van der Waals surface area contributed by atoms with E-state index in [9.17, 15) is 13.6 Å². The van der Waals surface area contributed by atoms with Crippen molar-refractivity contribution in [1.82, 2.24) is 0 Å². The van der Waals surface area contributed by atoms with Crippen LogP contribution in [0, 0.1) is 5.92 Å². The number of halogens is 2. The average molecular weight is 180 g/mol. The Hall–Kier alpha value is -0.670. The third kappa shape index (κ3) is 6.07. The summed E-state index contributed by atoms with van der Waals surface area (Å²) in [6.07, 6.45) is -1.03. The van der Waals surface area contributed by atoms with Crippen molar-refractivity contribution in [2.45, 2.75) is 39.0 Å². The predicted molar refractivity (Wildman–Crippen MR) is 41.3 cm³/mol. The number of rotatable bonds is 5. The highest BCUT2D eigenvalue weighted by molar-refractivity contribution is 5.67. The van der Waals surface area contributed by atoms with Crippen LogP contribution in [0.3, 0.4) is 0 Å². The fourth-order valence-electron chi connectivity index (χ4n) is 0.809. The first-order valence-electron chi connectivity index (χ1n) is 3.93. The van der Waals surface area contributed by atoms with Gasteiger partial charge in [0.1, 0.15) is 6.42 Å². The van der Waals surface area contributed by atoms with Gasteiger partial charge < -0.3 is 5.11 Å². The number of carbonyl (C=O) groups is 1. The number of hydrogen-bond acceptors (Lipinski definition) is 1. The van der Waals surface area contributed by atoms with Crippen molar-refractivity contribution in [3.05, 3.63) is 0 Å². The van der Waals surface area contributed by atoms with Crippen LogP contribution in [0.2, 0.25) is 0 Å². The molecular weight excluding hydrogens is 166 g/mol. The molecule has 0 aromatic carbocycles. The van der Waals surface area contributed by atoms with Gasteiger partial charge in [-0.2, -0.15) is 0 Å². The highest BCUT2D eigenvalue weighted by Gasteiger charge is 2.31. The lowest BCUT2D eigenvalue weighted by molar-refractivity contribution is -0.145. The molecule has 0 heterocycles. The summed E-state index contributed by atoms with van der Waals surface area (Å²) in [4.78, 5) is 9.98. The average Bonchev–Trinajstić information content (AvgIpc) is 1.81. The highest BCUT2D eigenvalue weighted by Crippen LogP contribution is 2.26. The second-order valence-electron chi connectivity index (χ2n) is 3.36. The number of hydrogen-bond donors (Lipinski definition) is 1. The molecule has 0 aliphatic rings. The van der Waals surface area contributed by atoms with Gasteiger partial charge in [0.05, 0.1) is 0 Å². The second kappa shape index (κ2) is 4.38. The van der Waals surface area contributed by atoms with E-state index < -0.39 is 18.3 Å². The van der Waals surface area contributed by atoms with Crippen LogP contribution in [0.1, 0.15) is 33.1 Å². The van der Waals surface area contributed by atoms with Crippen molar-refractivity contribution >= 4 is 5.97 Å². The monoisotopic (exact) mass is 180 g/mol. The van der Waals surface area contributed by atoms with E-state index >= 15 is 0 Å². The Balaban J connectivity index is 3.78. The number of carboxylic acid groups (broad SMARTS) is 1. The maximum Gasteiger partial charge on any atom is 0.309 e. The molecule has 0 radical (unpaired) electrons. The maximum atomic E-state index is 12.7. The van der Waals surface area contributed by atoms with Crippen LogP contribution in [0.15, 0.2) is 0 Å². The van der Waals surface area contributed by atoms with Gasteiger partial charge >= 0.3 is 5.97 Å². The third-order valence-corrected chi connectivity index (χ3v) is 1.50. The van der Waals surface area contributed by atoms with E-state index in [1.807, 2.05) is 13.8 Å². The quantitative estimate of drug-likeness (QED) is 0.705. The van der Waals surface area contributed by atoms with Crippen LogP contribution in [-0.2, 0) is 4.79 Å². The predicted octanol–water partition coefficient (Wildman–Crippen LogP) is 2.53.